The van der Waals surface area contributed by atoms with Crippen LogP contribution >= 0.6 is 26.4 Å². The van der Waals surface area contributed by atoms with Crippen molar-refractivity contribution in [3.8, 4) is 0 Å². The molecule has 0 saturated carbocycles. The lowest BCUT2D eigenvalue weighted by atomic mass is 9.91. The topological polar surface area (TPSA) is 0 Å². The molecule has 5 rings (SSSR count). The average Bonchev–Trinajstić information content (AvgIpc) is 2.99. The second kappa shape index (κ2) is 11.8. The SMILES string of the molecule is PC(CP(CC(P)(c1ccccc1)c1ccccc1)c1ccccc1)(c1ccccc1)c1ccccc1. The van der Waals surface area contributed by atoms with Gasteiger partial charge < -0.3 is 0 Å². The second-order valence-electron chi connectivity index (χ2n) is 9.60. The Hall–Kier alpha value is -2.61. The molecule has 37 heavy (non-hydrogen) atoms. The number of hydrogen-bond acceptors (Lipinski definition) is 0. The predicted octanol–water partition coefficient (Wildman–Crippen LogP) is 8.43. The van der Waals surface area contributed by atoms with Crippen LogP contribution in [-0.4, -0.2) is 12.3 Å². The van der Waals surface area contributed by atoms with Gasteiger partial charge in [-0.15, -0.1) is 18.5 Å². The van der Waals surface area contributed by atoms with E-state index in [0.717, 1.165) is 12.3 Å². The third-order valence-corrected chi connectivity index (χ3v) is 12.4. The van der Waals surface area contributed by atoms with Gasteiger partial charge in [0.15, 0.2) is 0 Å². The van der Waals surface area contributed by atoms with Gasteiger partial charge in [0.05, 0.1) is 0 Å². The third kappa shape index (κ3) is 5.79. The molecule has 0 heterocycles. The van der Waals surface area contributed by atoms with Crippen molar-refractivity contribution >= 4 is 31.7 Å². The maximum Gasteiger partial charge on any atom is 0.0386 e. The van der Waals surface area contributed by atoms with E-state index in [1.54, 1.807) is 0 Å². The normalized spacial score (nSPS) is 12.0. The summed E-state index contributed by atoms with van der Waals surface area (Å²) >= 11 is 0. The molecule has 0 saturated heterocycles. The van der Waals surface area contributed by atoms with E-state index in [-0.39, 0.29) is 10.3 Å². The molecule has 2 atom stereocenters. The first-order chi connectivity index (χ1) is 18.1. The first kappa shape index (κ1) is 26.0. The smallest absolute Gasteiger partial charge is 0.0386 e. The standard InChI is InChI=1S/C34H33P3/c35-33(28-16-6-1-7-17-28,29-18-8-2-9-19-29)26-37(32-24-14-5-15-25-32)27-34(36,30-20-10-3-11-21-30)31-22-12-4-13-23-31/h1-25H,26-27,35-36H2. The predicted molar refractivity (Wildman–Crippen MR) is 169 cm³/mol. The van der Waals surface area contributed by atoms with Gasteiger partial charge in [-0.05, 0) is 39.9 Å². The van der Waals surface area contributed by atoms with Gasteiger partial charge in [0, 0.05) is 10.3 Å². The molecule has 0 bridgehead atoms. The van der Waals surface area contributed by atoms with Crippen molar-refractivity contribution in [3.05, 3.63) is 174 Å². The van der Waals surface area contributed by atoms with Crippen molar-refractivity contribution in [1.82, 2.24) is 0 Å². The van der Waals surface area contributed by atoms with E-state index < -0.39 is 7.92 Å². The van der Waals surface area contributed by atoms with E-state index in [0.29, 0.717) is 0 Å². The van der Waals surface area contributed by atoms with E-state index in [2.05, 4.69) is 170 Å². The second-order valence-corrected chi connectivity index (χ2v) is 13.8. The Morgan fingerprint density at radius 3 is 0.892 bits per heavy atom. The van der Waals surface area contributed by atoms with Crippen molar-refractivity contribution in [2.45, 2.75) is 10.3 Å². The average molecular weight is 535 g/mol. The molecule has 0 aliphatic rings. The minimum absolute atomic E-state index is 0.191. The van der Waals surface area contributed by atoms with Crippen LogP contribution in [0.2, 0.25) is 0 Å². The molecule has 0 fully saturated rings. The fraction of sp³-hybridized carbons (Fsp3) is 0.118. The fourth-order valence-corrected chi connectivity index (χ4v) is 10.2. The Bertz CT molecular complexity index is 1200. The zero-order valence-electron chi connectivity index (χ0n) is 20.9. The van der Waals surface area contributed by atoms with Crippen molar-refractivity contribution in [1.29, 1.82) is 0 Å². The van der Waals surface area contributed by atoms with Gasteiger partial charge in [-0.25, -0.2) is 0 Å². The number of rotatable bonds is 9. The van der Waals surface area contributed by atoms with Crippen LogP contribution in [-0.2, 0) is 10.3 Å². The zero-order chi connectivity index (χ0) is 25.6. The minimum atomic E-state index is -0.568. The summed E-state index contributed by atoms with van der Waals surface area (Å²) in [5.41, 5.74) is 5.35. The quantitative estimate of drug-likeness (QED) is 0.167. The maximum absolute atomic E-state index is 3.28. The molecule has 2 unspecified atom stereocenters. The van der Waals surface area contributed by atoms with Gasteiger partial charge in [-0.1, -0.05) is 160 Å². The summed E-state index contributed by atoms with van der Waals surface area (Å²) in [6, 6.07) is 55.1. The molecule has 0 aliphatic heterocycles. The Labute approximate surface area is 227 Å². The summed E-state index contributed by atoms with van der Waals surface area (Å²) in [6.45, 7) is 0. The monoisotopic (exact) mass is 534 g/mol. The van der Waals surface area contributed by atoms with Crippen LogP contribution in [0, 0.1) is 0 Å². The van der Waals surface area contributed by atoms with Crippen LogP contribution in [0.5, 0.6) is 0 Å². The lowest BCUT2D eigenvalue weighted by Gasteiger charge is -2.40. The zero-order valence-corrected chi connectivity index (χ0v) is 24.2. The van der Waals surface area contributed by atoms with Gasteiger partial charge in [0.25, 0.3) is 0 Å². The molecule has 0 amide bonds. The largest absolute Gasteiger partial charge is 0.121 e. The van der Waals surface area contributed by atoms with Gasteiger partial charge in [-0.2, -0.15) is 0 Å². The van der Waals surface area contributed by atoms with Crippen LogP contribution < -0.4 is 5.30 Å². The van der Waals surface area contributed by atoms with Crippen LogP contribution in [0.25, 0.3) is 0 Å². The van der Waals surface area contributed by atoms with Crippen LogP contribution in [0.4, 0.5) is 0 Å². The van der Waals surface area contributed by atoms with Crippen molar-refractivity contribution in [2.24, 2.45) is 0 Å². The lowest BCUT2D eigenvalue weighted by molar-refractivity contribution is 0.821. The fourth-order valence-electron chi connectivity index (χ4n) is 5.12. The third-order valence-electron chi connectivity index (χ3n) is 7.16. The van der Waals surface area contributed by atoms with Crippen molar-refractivity contribution < 1.29 is 0 Å². The van der Waals surface area contributed by atoms with E-state index in [1.807, 2.05) is 0 Å². The first-order valence-corrected chi connectivity index (χ1v) is 15.6. The van der Waals surface area contributed by atoms with Crippen LogP contribution in [0.1, 0.15) is 22.3 Å². The lowest BCUT2D eigenvalue weighted by Crippen LogP contribution is -2.31. The van der Waals surface area contributed by atoms with E-state index in [4.69, 9.17) is 0 Å². The maximum atomic E-state index is 3.28. The molecule has 0 radical (unpaired) electrons. The van der Waals surface area contributed by atoms with Gasteiger partial charge >= 0.3 is 0 Å². The highest BCUT2D eigenvalue weighted by Gasteiger charge is 2.38. The van der Waals surface area contributed by atoms with Gasteiger partial charge in [0.1, 0.15) is 0 Å². The summed E-state index contributed by atoms with van der Waals surface area (Å²) in [5.74, 6) is 0. The molecule has 5 aromatic carbocycles. The summed E-state index contributed by atoms with van der Waals surface area (Å²) in [5, 5.41) is 1.06. The summed E-state index contributed by atoms with van der Waals surface area (Å²) in [4.78, 5) is 0. The van der Waals surface area contributed by atoms with E-state index >= 15 is 0 Å². The summed E-state index contributed by atoms with van der Waals surface area (Å²) in [6.07, 6.45) is 2.06. The number of hydrogen-bond donors (Lipinski definition) is 0. The summed E-state index contributed by atoms with van der Waals surface area (Å²) in [7, 11) is 5.99. The molecule has 5 aromatic rings. The molecule has 3 heteroatoms. The van der Waals surface area contributed by atoms with Gasteiger partial charge in [0.2, 0.25) is 0 Å². The Morgan fingerprint density at radius 2 is 0.622 bits per heavy atom. The van der Waals surface area contributed by atoms with Gasteiger partial charge in [-0.3, -0.25) is 0 Å². The minimum Gasteiger partial charge on any atom is -0.121 e. The Morgan fingerprint density at radius 1 is 0.378 bits per heavy atom. The molecule has 184 valence electrons. The van der Waals surface area contributed by atoms with Crippen molar-refractivity contribution in [2.75, 3.05) is 12.3 Å². The molecule has 0 nitrogen and oxygen atoms in total. The Balaban J connectivity index is 1.64. The molecular weight excluding hydrogens is 501 g/mol. The highest BCUT2D eigenvalue weighted by molar-refractivity contribution is 7.66. The van der Waals surface area contributed by atoms with Crippen LogP contribution in [0.3, 0.4) is 0 Å². The van der Waals surface area contributed by atoms with Crippen molar-refractivity contribution in [3.63, 3.8) is 0 Å². The molecular formula is C34H33P3. The molecule has 0 aliphatic carbocycles. The van der Waals surface area contributed by atoms with E-state index in [1.165, 1.54) is 27.6 Å². The number of benzene rings is 5. The Kier molecular flexibility index (Phi) is 8.33. The molecule has 0 spiro atoms. The molecule has 0 aromatic heterocycles. The highest BCUT2D eigenvalue weighted by Crippen LogP contribution is 2.55. The molecule has 0 N–H and O–H groups in total. The van der Waals surface area contributed by atoms with E-state index in [9.17, 15) is 0 Å². The summed E-state index contributed by atoms with van der Waals surface area (Å²) < 4.78 is 0. The first-order valence-electron chi connectivity index (χ1n) is 12.7. The van der Waals surface area contributed by atoms with Crippen LogP contribution in [0.15, 0.2) is 152 Å². The highest BCUT2D eigenvalue weighted by atomic mass is 31.1.